The predicted octanol–water partition coefficient (Wildman–Crippen LogP) is 1.96. The average Bonchev–Trinajstić information content (AvgIpc) is 2.17. The smallest absolute Gasteiger partial charge is 0.230 e. The fourth-order valence-electron chi connectivity index (χ4n) is 1.45. The molecule has 0 N–H and O–H groups in total. The molecule has 0 radical (unpaired) electrons. The molecule has 3 nitrogen and oxygen atoms in total. The summed E-state index contributed by atoms with van der Waals surface area (Å²) >= 11 is 0. The fraction of sp³-hybridized carbons (Fsp3) is 0.231. The molecule has 16 heavy (non-hydrogen) atoms. The monoisotopic (exact) mass is 215 g/mol. The minimum Gasteiger partial charge on any atom is -0.274 e. The van der Waals surface area contributed by atoms with Crippen LogP contribution in [0.25, 0.3) is 0 Å². The molecule has 0 unspecified atom stereocenters. The summed E-state index contributed by atoms with van der Waals surface area (Å²) in [6.45, 7) is 4.46. The van der Waals surface area contributed by atoms with E-state index in [4.69, 9.17) is 0 Å². The number of carbonyl (C=O) groups excluding carboxylic acids is 2. The van der Waals surface area contributed by atoms with Crippen LogP contribution in [-0.2, 0) is 9.59 Å². The molecule has 0 heterocycles. The van der Waals surface area contributed by atoms with Crippen molar-refractivity contribution in [3.8, 4) is 11.8 Å². The molecule has 0 spiro atoms. The predicted molar refractivity (Wildman–Crippen MR) is 62.8 cm³/mol. The number of benzene rings is 1. The number of anilines is 1. The topological polar surface area (TPSA) is 37.4 Å². The second kappa shape index (κ2) is 5.13. The Kier molecular flexibility index (Phi) is 3.84. The van der Waals surface area contributed by atoms with Crippen LogP contribution in [0.3, 0.4) is 0 Å². The molecular weight excluding hydrogens is 202 g/mol. The van der Waals surface area contributed by atoms with Crippen LogP contribution in [0.4, 0.5) is 5.69 Å². The minimum absolute atomic E-state index is 0.297. The highest BCUT2D eigenvalue weighted by Crippen LogP contribution is 2.16. The van der Waals surface area contributed by atoms with Crippen molar-refractivity contribution in [2.45, 2.75) is 20.8 Å². The summed E-state index contributed by atoms with van der Waals surface area (Å²) in [7, 11) is 0. The first-order valence-corrected chi connectivity index (χ1v) is 4.90. The number of hydrogen-bond donors (Lipinski definition) is 0. The van der Waals surface area contributed by atoms with E-state index in [9.17, 15) is 9.59 Å². The second-order valence-corrected chi connectivity index (χ2v) is 3.30. The van der Waals surface area contributed by atoms with Gasteiger partial charge in [-0.3, -0.25) is 14.5 Å². The Morgan fingerprint density at radius 1 is 1.19 bits per heavy atom. The molecule has 3 heteroatoms. The SMILES string of the molecule is CC#Cc1cccc(N(C(C)=O)C(C)=O)c1. The minimum atomic E-state index is -0.297. The summed E-state index contributed by atoms with van der Waals surface area (Å²) in [6.07, 6.45) is 0. The summed E-state index contributed by atoms with van der Waals surface area (Å²) in [5, 5.41) is 0. The van der Waals surface area contributed by atoms with Crippen LogP contribution in [-0.4, -0.2) is 11.8 Å². The zero-order valence-corrected chi connectivity index (χ0v) is 9.57. The van der Waals surface area contributed by atoms with Gasteiger partial charge in [-0.1, -0.05) is 12.0 Å². The molecule has 0 fully saturated rings. The number of nitrogens with zero attached hydrogens (tertiary/aromatic N) is 1. The third-order valence-corrected chi connectivity index (χ3v) is 2.00. The van der Waals surface area contributed by atoms with Crippen LogP contribution >= 0.6 is 0 Å². The maximum Gasteiger partial charge on any atom is 0.230 e. The lowest BCUT2D eigenvalue weighted by Gasteiger charge is -2.17. The van der Waals surface area contributed by atoms with Crippen LogP contribution in [0.1, 0.15) is 26.3 Å². The van der Waals surface area contributed by atoms with Gasteiger partial charge in [-0.25, -0.2) is 0 Å². The van der Waals surface area contributed by atoms with Crippen molar-refractivity contribution in [1.29, 1.82) is 0 Å². The van der Waals surface area contributed by atoms with Crippen molar-refractivity contribution >= 4 is 17.5 Å². The Morgan fingerprint density at radius 3 is 2.31 bits per heavy atom. The van der Waals surface area contributed by atoms with Gasteiger partial charge in [0.05, 0.1) is 5.69 Å². The van der Waals surface area contributed by atoms with Gasteiger partial charge in [0, 0.05) is 19.4 Å². The van der Waals surface area contributed by atoms with Gasteiger partial charge in [0.15, 0.2) is 0 Å². The molecule has 0 atom stereocenters. The van der Waals surface area contributed by atoms with Gasteiger partial charge in [-0.2, -0.15) is 0 Å². The van der Waals surface area contributed by atoms with Gasteiger partial charge >= 0.3 is 0 Å². The van der Waals surface area contributed by atoms with Crippen LogP contribution in [0.5, 0.6) is 0 Å². The molecule has 1 aromatic rings. The zero-order chi connectivity index (χ0) is 12.1. The van der Waals surface area contributed by atoms with Crippen LogP contribution in [0.15, 0.2) is 24.3 Å². The third-order valence-electron chi connectivity index (χ3n) is 2.00. The van der Waals surface area contributed by atoms with Crippen molar-refractivity contribution < 1.29 is 9.59 Å². The lowest BCUT2D eigenvalue weighted by atomic mass is 10.2. The van der Waals surface area contributed by atoms with E-state index in [1.807, 2.05) is 6.07 Å². The maximum absolute atomic E-state index is 11.3. The highest BCUT2D eigenvalue weighted by Gasteiger charge is 2.15. The summed E-state index contributed by atoms with van der Waals surface area (Å²) in [6, 6.07) is 7.04. The normalized spacial score (nSPS) is 8.94. The highest BCUT2D eigenvalue weighted by molar-refractivity contribution is 6.13. The number of imide groups is 1. The molecule has 0 aliphatic carbocycles. The van der Waals surface area contributed by atoms with E-state index < -0.39 is 0 Å². The number of hydrogen-bond acceptors (Lipinski definition) is 2. The van der Waals surface area contributed by atoms with Crippen molar-refractivity contribution in [1.82, 2.24) is 0 Å². The summed E-state index contributed by atoms with van der Waals surface area (Å²) in [4.78, 5) is 23.8. The Morgan fingerprint density at radius 2 is 1.81 bits per heavy atom. The van der Waals surface area contributed by atoms with Crippen LogP contribution in [0, 0.1) is 11.8 Å². The fourth-order valence-corrected chi connectivity index (χ4v) is 1.45. The molecule has 0 saturated carbocycles. The summed E-state index contributed by atoms with van der Waals surface area (Å²) in [5.74, 6) is 5.06. The largest absolute Gasteiger partial charge is 0.274 e. The van der Waals surface area contributed by atoms with Gasteiger partial charge in [0.2, 0.25) is 11.8 Å². The zero-order valence-electron chi connectivity index (χ0n) is 9.57. The quantitative estimate of drug-likeness (QED) is 0.671. The highest BCUT2D eigenvalue weighted by atomic mass is 16.2. The van der Waals surface area contributed by atoms with Crippen molar-refractivity contribution in [2.24, 2.45) is 0 Å². The standard InChI is InChI=1S/C13H13NO2/c1-4-6-12-7-5-8-13(9-12)14(10(2)15)11(3)16/h5,7-9H,1-3H3. The van der Waals surface area contributed by atoms with E-state index in [0.29, 0.717) is 5.69 Å². The van der Waals surface area contributed by atoms with Gasteiger partial charge in [0.25, 0.3) is 0 Å². The van der Waals surface area contributed by atoms with Crippen LogP contribution in [0.2, 0.25) is 0 Å². The number of amides is 2. The van der Waals surface area contributed by atoms with E-state index in [1.54, 1.807) is 25.1 Å². The number of carbonyl (C=O) groups is 2. The molecular formula is C13H13NO2. The van der Waals surface area contributed by atoms with E-state index in [-0.39, 0.29) is 11.8 Å². The van der Waals surface area contributed by atoms with E-state index in [0.717, 1.165) is 10.5 Å². The maximum atomic E-state index is 11.3. The lowest BCUT2D eigenvalue weighted by Crippen LogP contribution is -2.33. The molecule has 0 bridgehead atoms. The Bertz CT molecular complexity index is 466. The van der Waals surface area contributed by atoms with Crippen molar-refractivity contribution in [3.63, 3.8) is 0 Å². The summed E-state index contributed by atoms with van der Waals surface area (Å²) < 4.78 is 0. The molecule has 0 aromatic heterocycles. The Balaban J connectivity index is 3.18. The number of rotatable bonds is 1. The van der Waals surface area contributed by atoms with Gasteiger partial charge in [-0.05, 0) is 25.1 Å². The second-order valence-electron chi connectivity index (χ2n) is 3.30. The van der Waals surface area contributed by atoms with Gasteiger partial charge in [-0.15, -0.1) is 5.92 Å². The molecule has 1 aromatic carbocycles. The van der Waals surface area contributed by atoms with Gasteiger partial charge < -0.3 is 0 Å². The third kappa shape index (κ3) is 2.71. The average molecular weight is 215 g/mol. The summed E-state index contributed by atoms with van der Waals surface area (Å²) in [5.41, 5.74) is 1.34. The van der Waals surface area contributed by atoms with E-state index in [1.165, 1.54) is 13.8 Å². The molecule has 2 amide bonds. The lowest BCUT2D eigenvalue weighted by molar-refractivity contribution is -0.124. The van der Waals surface area contributed by atoms with Crippen molar-refractivity contribution in [2.75, 3.05) is 4.90 Å². The molecule has 0 aliphatic heterocycles. The molecule has 1 rings (SSSR count). The first kappa shape index (κ1) is 12.0. The van der Waals surface area contributed by atoms with Crippen molar-refractivity contribution in [3.05, 3.63) is 29.8 Å². The molecule has 82 valence electrons. The first-order chi connectivity index (χ1) is 7.56. The Hall–Kier alpha value is -2.08. The first-order valence-electron chi connectivity index (χ1n) is 4.90. The van der Waals surface area contributed by atoms with E-state index >= 15 is 0 Å². The molecule has 0 aliphatic rings. The van der Waals surface area contributed by atoms with Gasteiger partial charge in [0.1, 0.15) is 0 Å². The van der Waals surface area contributed by atoms with Crippen LogP contribution < -0.4 is 4.90 Å². The Labute approximate surface area is 95.1 Å². The molecule has 0 saturated heterocycles. The van der Waals surface area contributed by atoms with E-state index in [2.05, 4.69) is 11.8 Å².